The number of pyridine rings is 1. The third kappa shape index (κ3) is 3.90. The molecule has 1 saturated heterocycles. The number of hydrogen-bond donors (Lipinski definition) is 1. The van der Waals surface area contributed by atoms with Gasteiger partial charge in [-0.15, -0.1) is 11.6 Å². The van der Waals surface area contributed by atoms with Crippen molar-refractivity contribution >= 4 is 17.6 Å². The van der Waals surface area contributed by atoms with E-state index in [1.165, 1.54) is 17.2 Å². The number of halogens is 4. The van der Waals surface area contributed by atoms with Crippen molar-refractivity contribution in [3.8, 4) is 5.88 Å². The van der Waals surface area contributed by atoms with Gasteiger partial charge in [-0.25, -0.2) is 9.78 Å². The molecular weight excluding hydrogens is 311 g/mol. The van der Waals surface area contributed by atoms with Gasteiger partial charge < -0.3 is 15.0 Å². The summed E-state index contributed by atoms with van der Waals surface area (Å²) in [5.74, 6) is -0.168. The van der Waals surface area contributed by atoms with Crippen LogP contribution in [-0.2, 0) is 6.18 Å². The Morgan fingerprint density at radius 1 is 1.52 bits per heavy atom. The molecular formula is C12H13ClF3N3O2. The molecule has 9 heteroatoms. The number of amides is 2. The molecule has 0 bridgehead atoms. The van der Waals surface area contributed by atoms with E-state index in [1.807, 2.05) is 0 Å². The standard InChI is InChI=1S/C12H13ClF3N3O2/c13-3-5-18-11(20)19-6-8(7-19)21-10-9(12(14,15)16)2-1-4-17-10/h1-2,4,8H,3,5-7H2,(H,18,20). The lowest BCUT2D eigenvalue weighted by Gasteiger charge is -2.38. The highest BCUT2D eigenvalue weighted by atomic mass is 35.5. The van der Waals surface area contributed by atoms with Gasteiger partial charge in [0.25, 0.3) is 0 Å². The van der Waals surface area contributed by atoms with Crippen molar-refractivity contribution in [1.82, 2.24) is 15.2 Å². The zero-order valence-corrected chi connectivity index (χ0v) is 11.6. The molecule has 0 saturated carbocycles. The summed E-state index contributed by atoms with van der Waals surface area (Å²) in [6, 6.07) is 1.79. The van der Waals surface area contributed by atoms with Crippen molar-refractivity contribution in [3.05, 3.63) is 23.9 Å². The van der Waals surface area contributed by atoms with Crippen LogP contribution in [0.15, 0.2) is 18.3 Å². The molecule has 2 rings (SSSR count). The van der Waals surface area contributed by atoms with Crippen LogP contribution in [0.2, 0.25) is 0 Å². The van der Waals surface area contributed by atoms with Crippen LogP contribution in [0.1, 0.15) is 5.56 Å². The van der Waals surface area contributed by atoms with Gasteiger partial charge in [-0.3, -0.25) is 0 Å². The van der Waals surface area contributed by atoms with E-state index in [0.29, 0.717) is 12.4 Å². The first-order chi connectivity index (χ1) is 9.91. The van der Waals surface area contributed by atoms with Gasteiger partial charge in [0.1, 0.15) is 11.7 Å². The summed E-state index contributed by atoms with van der Waals surface area (Å²) in [6.45, 7) is 0.755. The number of aromatic nitrogens is 1. The number of rotatable bonds is 4. The Balaban J connectivity index is 1.90. The van der Waals surface area contributed by atoms with Gasteiger partial charge in [-0.2, -0.15) is 13.2 Å². The van der Waals surface area contributed by atoms with Gasteiger partial charge >= 0.3 is 12.2 Å². The first kappa shape index (κ1) is 15.7. The van der Waals surface area contributed by atoms with Crippen LogP contribution in [0.4, 0.5) is 18.0 Å². The topological polar surface area (TPSA) is 54.5 Å². The van der Waals surface area contributed by atoms with Crippen molar-refractivity contribution in [2.75, 3.05) is 25.5 Å². The summed E-state index contributed by atoms with van der Waals surface area (Å²) in [5.41, 5.74) is -0.921. The molecule has 1 aliphatic heterocycles. The van der Waals surface area contributed by atoms with Gasteiger partial charge in [0.15, 0.2) is 0 Å². The Morgan fingerprint density at radius 2 is 2.24 bits per heavy atom. The Hall–Kier alpha value is -1.70. The fourth-order valence-corrected chi connectivity index (χ4v) is 1.90. The summed E-state index contributed by atoms with van der Waals surface area (Å²) < 4.78 is 43.5. The molecule has 2 heterocycles. The Labute approximate surface area is 124 Å². The van der Waals surface area contributed by atoms with E-state index in [4.69, 9.17) is 16.3 Å². The van der Waals surface area contributed by atoms with E-state index < -0.39 is 23.7 Å². The predicted octanol–water partition coefficient (Wildman–Crippen LogP) is 2.11. The number of ether oxygens (including phenoxy) is 1. The lowest BCUT2D eigenvalue weighted by Crippen LogP contribution is -2.59. The molecule has 0 spiro atoms. The van der Waals surface area contributed by atoms with E-state index in [2.05, 4.69) is 10.3 Å². The van der Waals surface area contributed by atoms with Crippen LogP contribution in [0.25, 0.3) is 0 Å². The summed E-state index contributed by atoms with van der Waals surface area (Å²) in [5, 5.41) is 2.56. The number of carbonyl (C=O) groups excluding carboxylic acids is 1. The second-order valence-corrected chi connectivity index (χ2v) is 4.80. The first-order valence-electron chi connectivity index (χ1n) is 6.19. The zero-order chi connectivity index (χ0) is 15.5. The fourth-order valence-electron chi connectivity index (χ4n) is 1.80. The minimum absolute atomic E-state index is 0.210. The van der Waals surface area contributed by atoms with Crippen LogP contribution in [0.5, 0.6) is 5.88 Å². The average Bonchev–Trinajstić information content (AvgIpc) is 2.39. The lowest BCUT2D eigenvalue weighted by atomic mass is 10.2. The van der Waals surface area contributed by atoms with E-state index in [9.17, 15) is 18.0 Å². The van der Waals surface area contributed by atoms with E-state index in [-0.39, 0.29) is 19.1 Å². The Morgan fingerprint density at radius 3 is 2.86 bits per heavy atom. The molecule has 1 aromatic rings. The van der Waals surface area contributed by atoms with Crippen molar-refractivity contribution in [3.63, 3.8) is 0 Å². The van der Waals surface area contributed by atoms with E-state index >= 15 is 0 Å². The summed E-state index contributed by atoms with van der Waals surface area (Å²) in [7, 11) is 0. The normalized spacial score (nSPS) is 15.5. The van der Waals surface area contributed by atoms with Crippen LogP contribution in [0.3, 0.4) is 0 Å². The molecule has 2 amide bonds. The van der Waals surface area contributed by atoms with E-state index in [1.54, 1.807) is 0 Å². The highest BCUT2D eigenvalue weighted by molar-refractivity contribution is 6.18. The van der Waals surface area contributed by atoms with Crippen molar-refractivity contribution in [2.24, 2.45) is 0 Å². The number of likely N-dealkylation sites (tertiary alicyclic amines) is 1. The van der Waals surface area contributed by atoms with Gasteiger partial charge in [-0.05, 0) is 12.1 Å². The number of alkyl halides is 4. The monoisotopic (exact) mass is 323 g/mol. The molecule has 1 aliphatic rings. The average molecular weight is 324 g/mol. The van der Waals surface area contributed by atoms with Gasteiger partial charge in [0, 0.05) is 18.6 Å². The van der Waals surface area contributed by atoms with Crippen molar-refractivity contribution in [1.29, 1.82) is 0 Å². The maximum absolute atomic E-state index is 12.8. The number of hydrogen-bond acceptors (Lipinski definition) is 3. The van der Waals surface area contributed by atoms with Crippen LogP contribution in [-0.4, -0.2) is 47.5 Å². The zero-order valence-electron chi connectivity index (χ0n) is 10.9. The second-order valence-electron chi connectivity index (χ2n) is 4.42. The smallest absolute Gasteiger partial charge is 0.421 e. The van der Waals surface area contributed by atoms with E-state index in [0.717, 1.165) is 6.07 Å². The predicted molar refractivity (Wildman–Crippen MR) is 69.3 cm³/mol. The summed E-state index contributed by atoms with van der Waals surface area (Å²) >= 11 is 5.43. The van der Waals surface area contributed by atoms with Crippen LogP contribution >= 0.6 is 11.6 Å². The third-order valence-electron chi connectivity index (χ3n) is 2.86. The SMILES string of the molecule is O=C(NCCCl)N1CC(Oc2ncccc2C(F)(F)F)C1. The van der Waals surface area contributed by atoms with Crippen molar-refractivity contribution in [2.45, 2.75) is 12.3 Å². The quantitative estimate of drug-likeness (QED) is 0.864. The Kier molecular flexibility index (Phi) is 4.76. The minimum Gasteiger partial charge on any atom is -0.470 e. The Bertz CT molecular complexity index is 507. The van der Waals surface area contributed by atoms with Crippen LogP contribution < -0.4 is 10.1 Å². The molecule has 0 unspecified atom stereocenters. The molecule has 5 nitrogen and oxygen atoms in total. The number of carbonyl (C=O) groups is 1. The minimum atomic E-state index is -4.52. The molecule has 1 aromatic heterocycles. The summed E-state index contributed by atoms with van der Waals surface area (Å²) in [6.07, 6.45) is -3.79. The number of nitrogens with one attached hydrogen (secondary N) is 1. The van der Waals surface area contributed by atoms with Crippen molar-refractivity contribution < 1.29 is 22.7 Å². The number of nitrogens with zero attached hydrogens (tertiary/aromatic N) is 2. The largest absolute Gasteiger partial charge is 0.470 e. The molecule has 0 aliphatic carbocycles. The molecule has 0 atom stereocenters. The molecule has 116 valence electrons. The lowest BCUT2D eigenvalue weighted by molar-refractivity contribution is -0.140. The molecule has 21 heavy (non-hydrogen) atoms. The highest BCUT2D eigenvalue weighted by Crippen LogP contribution is 2.35. The first-order valence-corrected chi connectivity index (χ1v) is 6.73. The molecule has 1 fully saturated rings. The maximum Gasteiger partial charge on any atom is 0.421 e. The maximum atomic E-state index is 12.8. The van der Waals surface area contributed by atoms with Crippen LogP contribution in [0, 0.1) is 0 Å². The summed E-state index contributed by atoms with van der Waals surface area (Å²) in [4.78, 5) is 16.5. The molecule has 1 N–H and O–H groups in total. The third-order valence-corrected chi connectivity index (χ3v) is 3.05. The molecule has 0 aromatic carbocycles. The number of urea groups is 1. The molecule has 0 radical (unpaired) electrons. The van der Waals surface area contributed by atoms with Gasteiger partial charge in [0.05, 0.1) is 13.1 Å². The highest BCUT2D eigenvalue weighted by Gasteiger charge is 2.38. The fraction of sp³-hybridized carbons (Fsp3) is 0.500. The van der Waals surface area contributed by atoms with Gasteiger partial charge in [0.2, 0.25) is 5.88 Å². The second kappa shape index (κ2) is 6.38. The van der Waals surface area contributed by atoms with Gasteiger partial charge in [-0.1, -0.05) is 0 Å².